The quantitative estimate of drug-likeness (QED) is 0.856. The molecule has 1 aromatic carbocycles. The molecule has 4 heteroatoms. The van der Waals surface area contributed by atoms with Gasteiger partial charge in [-0.25, -0.2) is 0 Å². The fraction of sp³-hybridized carbons (Fsp3) is 0.385. The Bertz CT molecular complexity index is 489. The number of aliphatic hydroxyl groups is 1. The lowest BCUT2D eigenvalue weighted by atomic mass is 10.1. The van der Waals surface area contributed by atoms with Crippen molar-refractivity contribution in [2.45, 2.75) is 25.9 Å². The maximum atomic E-state index is 11.8. The summed E-state index contributed by atoms with van der Waals surface area (Å²) in [5, 5.41) is 18.0. The van der Waals surface area contributed by atoms with Gasteiger partial charge in [-0.3, -0.25) is 4.79 Å². The summed E-state index contributed by atoms with van der Waals surface area (Å²) >= 11 is 0. The van der Waals surface area contributed by atoms with Crippen LogP contribution < -0.4 is 4.90 Å². The van der Waals surface area contributed by atoms with E-state index in [4.69, 9.17) is 5.26 Å². The Morgan fingerprint density at radius 1 is 1.59 bits per heavy atom. The van der Waals surface area contributed by atoms with Gasteiger partial charge in [0, 0.05) is 12.2 Å². The van der Waals surface area contributed by atoms with Crippen LogP contribution in [0.3, 0.4) is 0 Å². The number of aliphatic hydroxyl groups excluding tert-OH is 1. The molecule has 1 N–H and O–H groups in total. The lowest BCUT2D eigenvalue weighted by Gasteiger charge is -2.16. The number of hydrogen-bond donors (Lipinski definition) is 1. The molecule has 88 valence electrons. The van der Waals surface area contributed by atoms with Gasteiger partial charge in [0.15, 0.2) is 0 Å². The minimum Gasteiger partial charge on any atom is -0.389 e. The average Bonchev–Trinajstić information content (AvgIpc) is 2.61. The topological polar surface area (TPSA) is 64.3 Å². The average molecular weight is 230 g/mol. The van der Waals surface area contributed by atoms with E-state index < -0.39 is 6.10 Å². The maximum absolute atomic E-state index is 11.8. The van der Waals surface area contributed by atoms with Crippen LogP contribution in [0.15, 0.2) is 18.2 Å². The van der Waals surface area contributed by atoms with Gasteiger partial charge in [0.05, 0.1) is 25.0 Å². The van der Waals surface area contributed by atoms with E-state index in [9.17, 15) is 9.90 Å². The minimum absolute atomic E-state index is 0.0259. The van der Waals surface area contributed by atoms with Crippen molar-refractivity contribution in [1.29, 1.82) is 5.26 Å². The highest BCUT2D eigenvalue weighted by atomic mass is 16.3. The number of carbonyl (C=O) groups excluding carboxylic acids is 1. The molecule has 0 fully saturated rings. The highest BCUT2D eigenvalue weighted by Gasteiger charge is 2.27. The maximum Gasteiger partial charge on any atom is 0.231 e. The summed E-state index contributed by atoms with van der Waals surface area (Å²) in [5.41, 5.74) is 2.62. The zero-order valence-electron chi connectivity index (χ0n) is 9.68. The van der Waals surface area contributed by atoms with Gasteiger partial charge < -0.3 is 10.0 Å². The fourth-order valence-electron chi connectivity index (χ4n) is 2.07. The highest BCUT2D eigenvalue weighted by molar-refractivity contribution is 6.01. The van der Waals surface area contributed by atoms with Gasteiger partial charge in [0.25, 0.3) is 0 Å². The number of nitrogens with zero attached hydrogens (tertiary/aromatic N) is 2. The molecule has 0 aliphatic carbocycles. The Morgan fingerprint density at radius 3 is 3.00 bits per heavy atom. The van der Waals surface area contributed by atoms with Crippen LogP contribution in [0.25, 0.3) is 0 Å². The van der Waals surface area contributed by atoms with E-state index >= 15 is 0 Å². The Morgan fingerprint density at radius 2 is 2.35 bits per heavy atom. The van der Waals surface area contributed by atoms with Gasteiger partial charge in [-0.15, -0.1) is 0 Å². The first-order valence-electron chi connectivity index (χ1n) is 5.61. The van der Waals surface area contributed by atoms with Crippen LogP contribution in [0.4, 0.5) is 5.69 Å². The highest BCUT2D eigenvalue weighted by Crippen LogP contribution is 2.31. The first kappa shape index (κ1) is 11.6. The van der Waals surface area contributed by atoms with Crippen molar-refractivity contribution in [2.75, 3.05) is 11.4 Å². The van der Waals surface area contributed by atoms with Crippen molar-refractivity contribution in [2.24, 2.45) is 0 Å². The lowest BCUT2D eigenvalue weighted by molar-refractivity contribution is -0.117. The summed E-state index contributed by atoms with van der Waals surface area (Å²) in [7, 11) is 0. The smallest absolute Gasteiger partial charge is 0.231 e. The predicted molar refractivity (Wildman–Crippen MR) is 63.4 cm³/mol. The van der Waals surface area contributed by atoms with E-state index in [2.05, 4.69) is 0 Å². The second-order valence-corrected chi connectivity index (χ2v) is 4.19. The number of nitriles is 1. The molecule has 0 radical (unpaired) electrons. The van der Waals surface area contributed by atoms with E-state index in [1.54, 1.807) is 11.8 Å². The van der Waals surface area contributed by atoms with Crippen LogP contribution in [-0.4, -0.2) is 17.6 Å². The normalized spacial score (nSPS) is 15.6. The summed E-state index contributed by atoms with van der Waals surface area (Å²) in [5.74, 6) is 0.0259. The molecule has 1 heterocycles. The summed E-state index contributed by atoms with van der Waals surface area (Å²) in [6.07, 6.45) is 0.175. The molecule has 1 atom stereocenters. The molecule has 1 amide bonds. The number of anilines is 1. The molecule has 2 rings (SSSR count). The van der Waals surface area contributed by atoms with Crippen molar-refractivity contribution < 1.29 is 9.90 Å². The summed E-state index contributed by atoms with van der Waals surface area (Å²) in [6.45, 7) is 2.14. The predicted octanol–water partition coefficient (Wildman–Crippen LogP) is 1.54. The molecular formula is C13H14N2O2. The third kappa shape index (κ3) is 2.15. The van der Waals surface area contributed by atoms with Crippen LogP contribution in [0.5, 0.6) is 0 Å². The van der Waals surface area contributed by atoms with E-state index in [1.807, 2.05) is 24.3 Å². The van der Waals surface area contributed by atoms with Crippen molar-refractivity contribution in [3.05, 3.63) is 29.3 Å². The molecule has 1 aliphatic heterocycles. The number of benzene rings is 1. The van der Waals surface area contributed by atoms with Gasteiger partial charge in [0.2, 0.25) is 5.91 Å². The Hall–Kier alpha value is -1.86. The van der Waals surface area contributed by atoms with Gasteiger partial charge in [0.1, 0.15) is 0 Å². The lowest BCUT2D eigenvalue weighted by Crippen LogP contribution is -2.27. The number of amides is 1. The van der Waals surface area contributed by atoms with Crippen LogP contribution >= 0.6 is 0 Å². The van der Waals surface area contributed by atoms with Gasteiger partial charge in [-0.1, -0.05) is 12.1 Å². The zero-order chi connectivity index (χ0) is 12.4. The molecule has 4 nitrogen and oxygen atoms in total. The summed E-state index contributed by atoms with van der Waals surface area (Å²) < 4.78 is 0. The Balaban J connectivity index is 2.29. The SMILES string of the molecule is CC(O)c1ccc2c(c1)CC(=O)N2CCC#N. The van der Waals surface area contributed by atoms with Gasteiger partial charge in [-0.2, -0.15) is 5.26 Å². The molecule has 1 aromatic rings. The molecular weight excluding hydrogens is 216 g/mol. The Labute approximate surface area is 100 Å². The number of fused-ring (bicyclic) bond motifs is 1. The number of carbonyl (C=O) groups is 1. The van der Waals surface area contributed by atoms with Crippen LogP contribution in [0, 0.1) is 11.3 Å². The van der Waals surface area contributed by atoms with Crippen LogP contribution in [0.1, 0.15) is 30.6 Å². The molecule has 17 heavy (non-hydrogen) atoms. The van der Waals surface area contributed by atoms with Crippen molar-refractivity contribution in [1.82, 2.24) is 0 Å². The fourth-order valence-corrected chi connectivity index (χ4v) is 2.07. The minimum atomic E-state index is -0.524. The molecule has 0 saturated heterocycles. The Kier molecular flexibility index (Phi) is 3.12. The standard InChI is InChI=1S/C13H14N2O2/c1-9(16)10-3-4-12-11(7-10)8-13(17)15(12)6-2-5-14/h3-4,7,9,16H,2,6,8H2,1H3. The number of hydrogen-bond acceptors (Lipinski definition) is 3. The molecule has 0 spiro atoms. The largest absolute Gasteiger partial charge is 0.389 e. The van der Waals surface area contributed by atoms with Crippen molar-refractivity contribution >= 4 is 11.6 Å². The van der Waals surface area contributed by atoms with Crippen molar-refractivity contribution in [3.8, 4) is 6.07 Å². The van der Waals surface area contributed by atoms with Crippen LogP contribution in [-0.2, 0) is 11.2 Å². The molecule has 0 aromatic heterocycles. The van der Waals surface area contributed by atoms with Gasteiger partial charge >= 0.3 is 0 Å². The second kappa shape index (κ2) is 4.56. The summed E-state index contributed by atoms with van der Waals surface area (Å²) in [4.78, 5) is 13.4. The third-order valence-corrected chi connectivity index (χ3v) is 2.97. The molecule has 1 unspecified atom stereocenters. The van der Waals surface area contributed by atoms with E-state index in [-0.39, 0.29) is 5.91 Å². The zero-order valence-corrected chi connectivity index (χ0v) is 9.68. The molecule has 0 saturated carbocycles. The van der Waals surface area contributed by atoms with E-state index in [0.717, 1.165) is 16.8 Å². The van der Waals surface area contributed by atoms with E-state index in [1.165, 1.54) is 0 Å². The van der Waals surface area contributed by atoms with Gasteiger partial charge in [-0.05, 0) is 24.1 Å². The monoisotopic (exact) mass is 230 g/mol. The van der Waals surface area contributed by atoms with E-state index in [0.29, 0.717) is 19.4 Å². The second-order valence-electron chi connectivity index (χ2n) is 4.19. The number of rotatable bonds is 3. The third-order valence-electron chi connectivity index (χ3n) is 2.97. The van der Waals surface area contributed by atoms with Crippen molar-refractivity contribution in [3.63, 3.8) is 0 Å². The summed E-state index contributed by atoms with van der Waals surface area (Å²) in [6, 6.07) is 7.57. The molecule has 0 bridgehead atoms. The first-order valence-corrected chi connectivity index (χ1v) is 5.61. The van der Waals surface area contributed by atoms with Crippen LogP contribution in [0.2, 0.25) is 0 Å². The molecule has 1 aliphatic rings. The first-order chi connectivity index (χ1) is 8.13.